The molecular weight excluding hydrogens is 318 g/mol. The molecule has 2 heterocycles. The molecule has 1 fully saturated rings. The van der Waals surface area contributed by atoms with Crippen molar-refractivity contribution < 1.29 is 9.59 Å². The predicted molar refractivity (Wildman–Crippen MR) is 95.8 cm³/mol. The molecular formula is C19H21N3O3. The van der Waals surface area contributed by atoms with Crippen LogP contribution in [-0.4, -0.2) is 34.4 Å². The fourth-order valence-corrected chi connectivity index (χ4v) is 2.98. The van der Waals surface area contributed by atoms with Gasteiger partial charge in [-0.25, -0.2) is 0 Å². The van der Waals surface area contributed by atoms with Crippen LogP contribution in [0.2, 0.25) is 0 Å². The van der Waals surface area contributed by atoms with Crippen LogP contribution in [0.15, 0.2) is 47.4 Å². The Morgan fingerprint density at radius 1 is 1.00 bits per heavy atom. The van der Waals surface area contributed by atoms with Crippen molar-refractivity contribution in [2.45, 2.75) is 19.3 Å². The van der Waals surface area contributed by atoms with Gasteiger partial charge in [-0.3, -0.25) is 14.4 Å². The van der Waals surface area contributed by atoms with E-state index in [1.807, 2.05) is 6.07 Å². The zero-order chi connectivity index (χ0) is 17.8. The van der Waals surface area contributed by atoms with E-state index in [1.165, 1.54) is 16.8 Å². The predicted octanol–water partition coefficient (Wildman–Crippen LogP) is 2.26. The number of aromatic nitrogens is 1. The highest BCUT2D eigenvalue weighted by Crippen LogP contribution is 2.15. The highest BCUT2D eigenvalue weighted by Gasteiger charge is 2.20. The number of anilines is 1. The Morgan fingerprint density at radius 2 is 1.68 bits per heavy atom. The van der Waals surface area contributed by atoms with Crippen molar-refractivity contribution >= 4 is 17.5 Å². The van der Waals surface area contributed by atoms with Gasteiger partial charge in [-0.15, -0.1) is 0 Å². The van der Waals surface area contributed by atoms with E-state index in [9.17, 15) is 14.4 Å². The third-order valence-corrected chi connectivity index (χ3v) is 4.36. The van der Waals surface area contributed by atoms with Crippen molar-refractivity contribution in [2.24, 2.45) is 7.05 Å². The summed E-state index contributed by atoms with van der Waals surface area (Å²) in [5.74, 6) is -0.481. The summed E-state index contributed by atoms with van der Waals surface area (Å²) in [7, 11) is 1.58. The van der Waals surface area contributed by atoms with Crippen LogP contribution in [0, 0.1) is 0 Å². The van der Waals surface area contributed by atoms with Crippen LogP contribution in [-0.2, 0) is 7.05 Å². The summed E-state index contributed by atoms with van der Waals surface area (Å²) < 4.78 is 1.33. The molecule has 2 amide bonds. The van der Waals surface area contributed by atoms with Crippen LogP contribution in [0.1, 0.15) is 40.0 Å². The van der Waals surface area contributed by atoms with Crippen molar-refractivity contribution in [3.8, 4) is 0 Å². The number of hydrogen-bond donors (Lipinski definition) is 1. The number of pyridine rings is 1. The third-order valence-electron chi connectivity index (χ3n) is 4.36. The van der Waals surface area contributed by atoms with Crippen molar-refractivity contribution in [1.82, 2.24) is 9.47 Å². The molecule has 6 nitrogen and oxygen atoms in total. The van der Waals surface area contributed by atoms with Crippen molar-refractivity contribution in [3.05, 3.63) is 64.1 Å². The summed E-state index contributed by atoms with van der Waals surface area (Å²) in [4.78, 5) is 39.1. The SMILES string of the molecule is Cn1cc(C(=O)N2CCCCC2)cc(NC(=O)c2ccccc2)c1=O. The number of piperidine rings is 1. The van der Waals surface area contributed by atoms with Gasteiger partial charge >= 0.3 is 0 Å². The molecule has 2 aromatic rings. The zero-order valence-electron chi connectivity index (χ0n) is 14.2. The maximum absolute atomic E-state index is 12.7. The third kappa shape index (κ3) is 3.79. The van der Waals surface area contributed by atoms with Crippen LogP contribution >= 0.6 is 0 Å². The zero-order valence-corrected chi connectivity index (χ0v) is 14.2. The first-order valence-corrected chi connectivity index (χ1v) is 8.42. The average Bonchev–Trinajstić information content (AvgIpc) is 2.66. The number of carbonyl (C=O) groups excluding carboxylic acids is 2. The van der Waals surface area contributed by atoms with Crippen LogP contribution in [0.25, 0.3) is 0 Å². The second kappa shape index (κ2) is 7.34. The monoisotopic (exact) mass is 339 g/mol. The summed E-state index contributed by atoms with van der Waals surface area (Å²) in [6.45, 7) is 1.46. The summed E-state index contributed by atoms with van der Waals surface area (Å²) in [5, 5.41) is 2.62. The number of aryl methyl sites for hydroxylation is 1. The van der Waals surface area contributed by atoms with Gasteiger partial charge in [0.15, 0.2) is 0 Å². The number of hydrogen-bond acceptors (Lipinski definition) is 3. The van der Waals surface area contributed by atoms with Gasteiger partial charge in [0, 0.05) is 31.9 Å². The Balaban J connectivity index is 1.87. The standard InChI is InChI=1S/C19H21N3O3/c1-21-13-15(18(24)22-10-6-3-7-11-22)12-16(19(21)25)20-17(23)14-8-4-2-5-9-14/h2,4-5,8-9,12-13H,3,6-7,10-11H2,1H3,(H,20,23). The lowest BCUT2D eigenvalue weighted by Gasteiger charge is -2.27. The van der Waals surface area contributed by atoms with Crippen LogP contribution in [0.4, 0.5) is 5.69 Å². The van der Waals surface area contributed by atoms with E-state index in [0.717, 1.165) is 32.4 Å². The molecule has 0 aliphatic carbocycles. The van der Waals surface area contributed by atoms with Crippen molar-refractivity contribution in [1.29, 1.82) is 0 Å². The Kier molecular flexibility index (Phi) is 4.97. The molecule has 3 rings (SSSR count). The van der Waals surface area contributed by atoms with Gasteiger partial charge in [-0.1, -0.05) is 18.2 Å². The Hall–Kier alpha value is -2.89. The maximum Gasteiger partial charge on any atom is 0.274 e. The average molecular weight is 339 g/mol. The molecule has 1 aliphatic rings. The summed E-state index contributed by atoms with van der Waals surface area (Å²) in [6.07, 6.45) is 4.65. The first kappa shape index (κ1) is 17.0. The van der Waals surface area contributed by atoms with Gasteiger partial charge < -0.3 is 14.8 Å². The first-order chi connectivity index (χ1) is 12.1. The number of likely N-dealkylation sites (tertiary alicyclic amines) is 1. The fraction of sp³-hybridized carbons (Fsp3) is 0.316. The molecule has 1 aliphatic heterocycles. The summed E-state index contributed by atoms with van der Waals surface area (Å²) >= 11 is 0. The van der Waals surface area contributed by atoms with Gasteiger partial charge in [0.05, 0.1) is 5.56 Å². The lowest BCUT2D eigenvalue weighted by Crippen LogP contribution is -2.36. The van der Waals surface area contributed by atoms with E-state index in [1.54, 1.807) is 36.2 Å². The molecule has 1 saturated heterocycles. The summed E-state index contributed by atoms with van der Waals surface area (Å²) in [6, 6.07) is 10.1. The molecule has 130 valence electrons. The van der Waals surface area contributed by atoms with Crippen LogP contribution < -0.4 is 10.9 Å². The van der Waals surface area contributed by atoms with Gasteiger partial charge in [-0.05, 0) is 37.5 Å². The molecule has 6 heteroatoms. The number of benzene rings is 1. The Morgan fingerprint density at radius 3 is 2.36 bits per heavy atom. The Labute approximate surface area is 146 Å². The highest BCUT2D eigenvalue weighted by molar-refractivity contribution is 6.05. The van der Waals surface area contributed by atoms with Crippen LogP contribution in [0.3, 0.4) is 0 Å². The molecule has 0 atom stereocenters. The molecule has 1 aromatic heterocycles. The van der Waals surface area contributed by atoms with Gasteiger partial charge in [0.2, 0.25) is 0 Å². The second-order valence-electron chi connectivity index (χ2n) is 6.23. The van der Waals surface area contributed by atoms with Crippen molar-refractivity contribution in [2.75, 3.05) is 18.4 Å². The normalized spacial score (nSPS) is 14.2. The highest BCUT2D eigenvalue weighted by atomic mass is 16.2. The maximum atomic E-state index is 12.7. The smallest absolute Gasteiger partial charge is 0.274 e. The molecule has 1 aromatic carbocycles. The molecule has 0 spiro atoms. The molecule has 0 saturated carbocycles. The number of amides is 2. The first-order valence-electron chi connectivity index (χ1n) is 8.42. The molecule has 0 bridgehead atoms. The molecule has 0 unspecified atom stereocenters. The molecule has 25 heavy (non-hydrogen) atoms. The largest absolute Gasteiger partial charge is 0.339 e. The molecule has 0 radical (unpaired) electrons. The number of nitrogens with one attached hydrogen (secondary N) is 1. The van der Waals surface area contributed by atoms with Gasteiger partial charge in [0.1, 0.15) is 5.69 Å². The number of rotatable bonds is 3. The minimum absolute atomic E-state index is 0.106. The van der Waals surface area contributed by atoms with E-state index in [-0.39, 0.29) is 23.1 Å². The van der Waals surface area contributed by atoms with Gasteiger partial charge in [-0.2, -0.15) is 0 Å². The topological polar surface area (TPSA) is 71.4 Å². The van der Waals surface area contributed by atoms with Crippen LogP contribution in [0.5, 0.6) is 0 Å². The second-order valence-corrected chi connectivity index (χ2v) is 6.23. The lowest BCUT2D eigenvalue weighted by atomic mass is 10.1. The van der Waals surface area contributed by atoms with Gasteiger partial charge in [0.25, 0.3) is 17.4 Å². The van der Waals surface area contributed by atoms with E-state index in [2.05, 4.69) is 5.32 Å². The lowest BCUT2D eigenvalue weighted by molar-refractivity contribution is 0.0723. The minimum atomic E-state index is -0.375. The number of nitrogens with zero attached hydrogens (tertiary/aromatic N) is 2. The molecule has 1 N–H and O–H groups in total. The van der Waals surface area contributed by atoms with E-state index < -0.39 is 0 Å². The minimum Gasteiger partial charge on any atom is -0.339 e. The summed E-state index contributed by atoms with van der Waals surface area (Å²) in [5.41, 5.74) is 0.628. The van der Waals surface area contributed by atoms with E-state index in [0.29, 0.717) is 11.1 Å². The number of carbonyl (C=O) groups is 2. The Bertz CT molecular complexity index is 837. The fourth-order valence-electron chi connectivity index (χ4n) is 2.98. The van der Waals surface area contributed by atoms with E-state index in [4.69, 9.17) is 0 Å². The van der Waals surface area contributed by atoms with E-state index >= 15 is 0 Å². The van der Waals surface area contributed by atoms with Crippen molar-refractivity contribution in [3.63, 3.8) is 0 Å². The quantitative estimate of drug-likeness (QED) is 0.932.